The predicted molar refractivity (Wildman–Crippen MR) is 59.4 cm³/mol. The second kappa shape index (κ2) is 3.77. The molecule has 0 fully saturated rings. The molecule has 0 aliphatic carbocycles. The zero-order valence-corrected chi connectivity index (χ0v) is 9.38. The van der Waals surface area contributed by atoms with Crippen LogP contribution in [0, 0.1) is 0 Å². The zero-order valence-electron chi connectivity index (χ0n) is 9.38. The van der Waals surface area contributed by atoms with E-state index in [4.69, 9.17) is 0 Å². The van der Waals surface area contributed by atoms with Crippen molar-refractivity contribution >= 4 is 0 Å². The van der Waals surface area contributed by atoms with Crippen LogP contribution in [0.1, 0.15) is 44.5 Å². The molecule has 14 heavy (non-hydrogen) atoms. The number of aromatic amines is 1. The van der Waals surface area contributed by atoms with Gasteiger partial charge in [0.25, 0.3) is 0 Å². The summed E-state index contributed by atoms with van der Waals surface area (Å²) in [6.45, 7) is 8.12. The Morgan fingerprint density at radius 3 is 3.00 bits per heavy atom. The molecule has 0 unspecified atom stereocenters. The van der Waals surface area contributed by atoms with Crippen molar-refractivity contribution in [3.63, 3.8) is 0 Å². The van der Waals surface area contributed by atoms with Crippen molar-refractivity contribution in [1.82, 2.24) is 9.88 Å². The molecule has 0 saturated heterocycles. The molecule has 2 heteroatoms. The van der Waals surface area contributed by atoms with E-state index in [1.54, 1.807) is 0 Å². The lowest BCUT2D eigenvalue weighted by molar-refractivity contribution is 0.138. The zero-order chi connectivity index (χ0) is 10.1. The van der Waals surface area contributed by atoms with Gasteiger partial charge in [0.1, 0.15) is 0 Å². The number of hydrogen-bond donors (Lipinski definition) is 1. The highest BCUT2D eigenvalue weighted by molar-refractivity contribution is 5.27. The van der Waals surface area contributed by atoms with Gasteiger partial charge in [-0.25, -0.2) is 0 Å². The van der Waals surface area contributed by atoms with Crippen LogP contribution in [0.15, 0.2) is 12.3 Å². The van der Waals surface area contributed by atoms with Gasteiger partial charge in [-0.05, 0) is 38.4 Å². The predicted octanol–water partition coefficient (Wildman–Crippen LogP) is 2.73. The van der Waals surface area contributed by atoms with Crippen LogP contribution in [0.5, 0.6) is 0 Å². The Morgan fingerprint density at radius 2 is 2.29 bits per heavy atom. The molecule has 2 atom stereocenters. The van der Waals surface area contributed by atoms with E-state index in [0.29, 0.717) is 12.1 Å². The monoisotopic (exact) mass is 192 g/mol. The highest BCUT2D eigenvalue weighted by atomic mass is 15.2. The van der Waals surface area contributed by atoms with Gasteiger partial charge in [0, 0.05) is 30.4 Å². The molecule has 2 heterocycles. The van der Waals surface area contributed by atoms with Crippen LogP contribution < -0.4 is 0 Å². The molecule has 2 nitrogen and oxygen atoms in total. The average molecular weight is 192 g/mol. The third-order valence-electron chi connectivity index (χ3n) is 3.36. The summed E-state index contributed by atoms with van der Waals surface area (Å²) in [6.07, 6.45) is 4.49. The lowest BCUT2D eigenvalue weighted by atomic mass is 9.95. The molecular weight excluding hydrogens is 172 g/mol. The number of H-pyrrole nitrogens is 1. The van der Waals surface area contributed by atoms with Crippen LogP contribution in [0.2, 0.25) is 0 Å². The van der Waals surface area contributed by atoms with E-state index >= 15 is 0 Å². The van der Waals surface area contributed by atoms with Crippen molar-refractivity contribution in [3.8, 4) is 0 Å². The highest BCUT2D eigenvalue weighted by Crippen LogP contribution is 2.31. The van der Waals surface area contributed by atoms with E-state index in [1.165, 1.54) is 30.6 Å². The molecule has 0 bridgehead atoms. The van der Waals surface area contributed by atoms with E-state index in [0.717, 1.165) is 0 Å². The third kappa shape index (κ3) is 1.48. The van der Waals surface area contributed by atoms with Crippen LogP contribution >= 0.6 is 0 Å². The minimum atomic E-state index is 0.583. The Balaban J connectivity index is 2.25. The number of hydrogen-bond acceptors (Lipinski definition) is 1. The molecule has 1 aliphatic heterocycles. The van der Waals surface area contributed by atoms with Crippen LogP contribution in [-0.2, 0) is 6.42 Å². The minimum Gasteiger partial charge on any atom is -0.365 e. The number of nitrogens with zero attached hydrogens (tertiary/aromatic N) is 1. The van der Waals surface area contributed by atoms with Gasteiger partial charge < -0.3 is 4.98 Å². The quantitative estimate of drug-likeness (QED) is 0.763. The van der Waals surface area contributed by atoms with Crippen LogP contribution in [0.3, 0.4) is 0 Å². The summed E-state index contributed by atoms with van der Waals surface area (Å²) in [6, 6.07) is 3.49. The molecule has 78 valence electrons. The topological polar surface area (TPSA) is 19.0 Å². The Hall–Kier alpha value is -0.760. The smallest absolute Gasteiger partial charge is 0.0340 e. The first kappa shape index (κ1) is 9.78. The molecule has 1 N–H and O–H groups in total. The van der Waals surface area contributed by atoms with Gasteiger partial charge >= 0.3 is 0 Å². The summed E-state index contributed by atoms with van der Waals surface area (Å²) < 4.78 is 0. The molecule has 0 radical (unpaired) electrons. The molecular formula is C12H20N2. The normalized spacial score (nSPS) is 27.6. The van der Waals surface area contributed by atoms with Gasteiger partial charge in [-0.15, -0.1) is 0 Å². The van der Waals surface area contributed by atoms with Gasteiger partial charge in [0.2, 0.25) is 0 Å². The van der Waals surface area contributed by atoms with Crippen LogP contribution in [0.25, 0.3) is 0 Å². The summed E-state index contributed by atoms with van der Waals surface area (Å²) in [4.78, 5) is 5.96. The number of fused-ring (bicyclic) bond motifs is 1. The van der Waals surface area contributed by atoms with Crippen molar-refractivity contribution in [2.24, 2.45) is 0 Å². The Morgan fingerprint density at radius 1 is 1.50 bits per heavy atom. The summed E-state index contributed by atoms with van der Waals surface area (Å²) in [7, 11) is 0. The van der Waals surface area contributed by atoms with Crippen molar-refractivity contribution in [1.29, 1.82) is 0 Å². The Bertz CT molecular complexity index is 303. The minimum absolute atomic E-state index is 0.583. The van der Waals surface area contributed by atoms with Crippen LogP contribution in [-0.4, -0.2) is 22.5 Å². The second-order valence-electron chi connectivity index (χ2n) is 4.38. The fourth-order valence-corrected chi connectivity index (χ4v) is 2.63. The second-order valence-corrected chi connectivity index (χ2v) is 4.38. The third-order valence-corrected chi connectivity index (χ3v) is 3.36. The first-order valence-electron chi connectivity index (χ1n) is 5.66. The van der Waals surface area contributed by atoms with Crippen molar-refractivity contribution in [2.45, 2.75) is 45.7 Å². The molecule has 0 amide bonds. The summed E-state index contributed by atoms with van der Waals surface area (Å²) in [5.74, 6) is 0. The molecule has 2 rings (SSSR count). The van der Waals surface area contributed by atoms with E-state index in [9.17, 15) is 0 Å². The van der Waals surface area contributed by atoms with Crippen molar-refractivity contribution in [2.75, 3.05) is 6.54 Å². The summed E-state index contributed by atoms with van der Waals surface area (Å²) in [5.41, 5.74) is 2.94. The fraction of sp³-hybridized carbons (Fsp3) is 0.667. The van der Waals surface area contributed by atoms with E-state index in [1.807, 2.05) is 0 Å². The number of rotatable bonds is 2. The SMILES string of the molecule is CCCN1[C@H](C)Cc2[nH]ccc2[C@H]1C. The summed E-state index contributed by atoms with van der Waals surface area (Å²) in [5, 5.41) is 0. The molecule has 0 spiro atoms. The fourth-order valence-electron chi connectivity index (χ4n) is 2.63. The lowest BCUT2D eigenvalue weighted by Crippen LogP contribution is -2.41. The van der Waals surface area contributed by atoms with Crippen molar-refractivity contribution in [3.05, 3.63) is 23.5 Å². The maximum atomic E-state index is 3.35. The van der Waals surface area contributed by atoms with Crippen LogP contribution in [0.4, 0.5) is 0 Å². The van der Waals surface area contributed by atoms with Gasteiger partial charge in [-0.1, -0.05) is 6.92 Å². The maximum Gasteiger partial charge on any atom is 0.0340 e. The first-order chi connectivity index (χ1) is 6.74. The van der Waals surface area contributed by atoms with E-state index < -0.39 is 0 Å². The Kier molecular flexibility index (Phi) is 2.64. The van der Waals surface area contributed by atoms with Gasteiger partial charge in [-0.3, -0.25) is 4.90 Å². The average Bonchev–Trinajstić information content (AvgIpc) is 2.60. The molecule has 0 aromatic carbocycles. The highest BCUT2D eigenvalue weighted by Gasteiger charge is 2.28. The van der Waals surface area contributed by atoms with Gasteiger partial charge in [-0.2, -0.15) is 0 Å². The van der Waals surface area contributed by atoms with E-state index in [2.05, 4.69) is 42.9 Å². The molecule has 0 saturated carbocycles. The number of aromatic nitrogens is 1. The standard InChI is InChI=1S/C12H20N2/c1-4-7-14-9(2)8-12-11(10(14)3)5-6-13-12/h5-6,9-10,13H,4,7-8H2,1-3H3/t9-,10-/m1/s1. The lowest BCUT2D eigenvalue weighted by Gasteiger charge is -2.38. The largest absolute Gasteiger partial charge is 0.365 e. The maximum absolute atomic E-state index is 3.35. The Labute approximate surface area is 86.3 Å². The van der Waals surface area contributed by atoms with Crippen molar-refractivity contribution < 1.29 is 0 Å². The van der Waals surface area contributed by atoms with Gasteiger partial charge in [0.15, 0.2) is 0 Å². The van der Waals surface area contributed by atoms with Gasteiger partial charge in [0.05, 0.1) is 0 Å². The first-order valence-corrected chi connectivity index (χ1v) is 5.66. The molecule has 1 aliphatic rings. The molecule has 1 aromatic rings. The van der Waals surface area contributed by atoms with E-state index in [-0.39, 0.29) is 0 Å². The summed E-state index contributed by atoms with van der Waals surface area (Å²) >= 11 is 0. The number of nitrogens with one attached hydrogen (secondary N) is 1. The molecule has 1 aromatic heterocycles.